The predicted octanol–water partition coefficient (Wildman–Crippen LogP) is 3.28. The van der Waals surface area contributed by atoms with Gasteiger partial charge in [0.15, 0.2) is 5.43 Å². The van der Waals surface area contributed by atoms with Crippen molar-refractivity contribution in [2.45, 2.75) is 26.5 Å². The van der Waals surface area contributed by atoms with Gasteiger partial charge >= 0.3 is 5.97 Å². The standard InChI is InChI=1S/C24H26N2O4/c1-2-24(28)30-17-19-4-3-5-20(14-19)26-9-8-23(27)21-15-18(6-7-22(21)26)16-25-10-12-29-13-11-25/h3-9,14-15H,2,10-13,16-17H2,1H3. The van der Waals surface area contributed by atoms with Crippen LogP contribution in [0.5, 0.6) is 0 Å². The van der Waals surface area contributed by atoms with E-state index in [1.807, 2.05) is 41.0 Å². The smallest absolute Gasteiger partial charge is 0.305 e. The van der Waals surface area contributed by atoms with Crippen molar-refractivity contribution in [2.75, 3.05) is 26.3 Å². The van der Waals surface area contributed by atoms with Crippen molar-refractivity contribution in [3.63, 3.8) is 0 Å². The fourth-order valence-electron chi connectivity index (χ4n) is 3.71. The van der Waals surface area contributed by atoms with Crippen molar-refractivity contribution >= 4 is 16.9 Å². The molecule has 0 unspecified atom stereocenters. The molecular formula is C24H26N2O4. The first kappa shape index (κ1) is 20.3. The molecule has 2 aromatic carbocycles. The predicted molar refractivity (Wildman–Crippen MR) is 116 cm³/mol. The monoisotopic (exact) mass is 406 g/mol. The Morgan fingerprint density at radius 1 is 1.07 bits per heavy atom. The van der Waals surface area contributed by atoms with Crippen LogP contribution in [0.2, 0.25) is 0 Å². The zero-order valence-corrected chi connectivity index (χ0v) is 17.2. The van der Waals surface area contributed by atoms with Crippen LogP contribution in [0.15, 0.2) is 59.5 Å². The lowest BCUT2D eigenvalue weighted by Gasteiger charge is -2.26. The summed E-state index contributed by atoms with van der Waals surface area (Å²) >= 11 is 0. The maximum Gasteiger partial charge on any atom is 0.305 e. The van der Waals surface area contributed by atoms with E-state index in [-0.39, 0.29) is 18.0 Å². The maximum absolute atomic E-state index is 12.6. The number of rotatable bonds is 6. The van der Waals surface area contributed by atoms with Gasteiger partial charge < -0.3 is 14.0 Å². The average molecular weight is 406 g/mol. The molecule has 0 aliphatic carbocycles. The fourth-order valence-corrected chi connectivity index (χ4v) is 3.71. The van der Waals surface area contributed by atoms with Crippen LogP contribution >= 0.6 is 0 Å². The summed E-state index contributed by atoms with van der Waals surface area (Å²) in [6.07, 6.45) is 2.15. The molecule has 1 aliphatic rings. The molecule has 3 aromatic rings. The largest absolute Gasteiger partial charge is 0.461 e. The second kappa shape index (κ2) is 9.24. The van der Waals surface area contributed by atoms with Crippen molar-refractivity contribution in [3.8, 4) is 5.69 Å². The summed E-state index contributed by atoms with van der Waals surface area (Å²) in [7, 11) is 0. The third kappa shape index (κ3) is 4.61. The molecule has 6 heteroatoms. The number of benzene rings is 2. The molecule has 1 fully saturated rings. The third-order valence-corrected chi connectivity index (χ3v) is 5.35. The van der Waals surface area contributed by atoms with E-state index in [2.05, 4.69) is 11.0 Å². The highest BCUT2D eigenvalue weighted by molar-refractivity contribution is 5.81. The summed E-state index contributed by atoms with van der Waals surface area (Å²) in [6, 6.07) is 15.5. The first-order chi connectivity index (χ1) is 14.6. The number of nitrogens with zero attached hydrogens (tertiary/aromatic N) is 2. The second-order valence-corrected chi connectivity index (χ2v) is 7.47. The first-order valence-electron chi connectivity index (χ1n) is 10.3. The van der Waals surface area contributed by atoms with Crippen LogP contribution in [0, 0.1) is 0 Å². The third-order valence-electron chi connectivity index (χ3n) is 5.35. The van der Waals surface area contributed by atoms with Crippen molar-refractivity contribution in [1.82, 2.24) is 9.47 Å². The minimum atomic E-state index is -0.220. The van der Waals surface area contributed by atoms with E-state index >= 15 is 0 Å². The van der Waals surface area contributed by atoms with Gasteiger partial charge in [0.1, 0.15) is 6.61 Å². The van der Waals surface area contributed by atoms with E-state index in [4.69, 9.17) is 9.47 Å². The van der Waals surface area contributed by atoms with Gasteiger partial charge in [-0.15, -0.1) is 0 Å². The van der Waals surface area contributed by atoms with E-state index in [9.17, 15) is 9.59 Å². The molecule has 0 atom stereocenters. The minimum absolute atomic E-state index is 0.0121. The van der Waals surface area contributed by atoms with Gasteiger partial charge in [-0.25, -0.2) is 0 Å². The number of carbonyl (C=O) groups is 1. The molecule has 156 valence electrons. The summed E-state index contributed by atoms with van der Waals surface area (Å²) in [5.41, 5.74) is 3.82. The highest BCUT2D eigenvalue weighted by atomic mass is 16.5. The van der Waals surface area contributed by atoms with E-state index in [1.165, 1.54) is 0 Å². The van der Waals surface area contributed by atoms with Gasteiger partial charge in [-0.1, -0.05) is 25.1 Å². The number of morpholine rings is 1. The molecular weight excluding hydrogens is 380 g/mol. The number of esters is 1. The zero-order chi connectivity index (χ0) is 20.9. The minimum Gasteiger partial charge on any atom is -0.461 e. The molecule has 30 heavy (non-hydrogen) atoms. The van der Waals surface area contributed by atoms with Crippen LogP contribution in [0.3, 0.4) is 0 Å². The number of pyridine rings is 1. The fraction of sp³-hybridized carbons (Fsp3) is 0.333. The second-order valence-electron chi connectivity index (χ2n) is 7.47. The van der Waals surface area contributed by atoms with Gasteiger partial charge in [-0.05, 0) is 35.4 Å². The Kier molecular flexibility index (Phi) is 6.26. The SMILES string of the molecule is CCC(=O)OCc1cccc(-n2ccc(=O)c3cc(CN4CCOCC4)ccc32)c1. The highest BCUT2D eigenvalue weighted by Crippen LogP contribution is 2.20. The number of ether oxygens (including phenoxy) is 2. The van der Waals surface area contributed by atoms with Crippen LogP contribution in [-0.4, -0.2) is 41.7 Å². The molecule has 0 amide bonds. The van der Waals surface area contributed by atoms with E-state index in [0.717, 1.165) is 55.2 Å². The summed E-state index contributed by atoms with van der Waals surface area (Å²) in [4.78, 5) is 26.4. The first-order valence-corrected chi connectivity index (χ1v) is 10.3. The lowest BCUT2D eigenvalue weighted by atomic mass is 10.1. The number of carbonyl (C=O) groups excluding carboxylic acids is 1. The van der Waals surface area contributed by atoms with E-state index in [1.54, 1.807) is 19.2 Å². The number of fused-ring (bicyclic) bond motifs is 1. The normalized spacial score (nSPS) is 14.7. The Balaban J connectivity index is 1.64. The number of hydrogen-bond donors (Lipinski definition) is 0. The van der Waals surface area contributed by atoms with Crippen LogP contribution in [-0.2, 0) is 27.4 Å². The topological polar surface area (TPSA) is 60.8 Å². The lowest BCUT2D eigenvalue weighted by molar-refractivity contribution is -0.144. The summed E-state index contributed by atoms with van der Waals surface area (Å²) in [6.45, 7) is 6.15. The molecule has 1 saturated heterocycles. The van der Waals surface area contributed by atoms with Crippen LogP contribution in [0.1, 0.15) is 24.5 Å². The van der Waals surface area contributed by atoms with Gasteiger partial charge in [-0.3, -0.25) is 14.5 Å². The molecule has 0 radical (unpaired) electrons. The molecule has 0 saturated carbocycles. The lowest BCUT2D eigenvalue weighted by Crippen LogP contribution is -2.35. The Hall–Kier alpha value is -2.96. The van der Waals surface area contributed by atoms with E-state index in [0.29, 0.717) is 11.8 Å². The summed E-state index contributed by atoms with van der Waals surface area (Å²) in [5, 5.41) is 0.700. The van der Waals surface area contributed by atoms with Crippen LogP contribution < -0.4 is 5.43 Å². The summed E-state index contributed by atoms with van der Waals surface area (Å²) < 4.78 is 12.7. The van der Waals surface area contributed by atoms with Crippen molar-refractivity contribution < 1.29 is 14.3 Å². The van der Waals surface area contributed by atoms with Crippen LogP contribution in [0.25, 0.3) is 16.6 Å². The average Bonchev–Trinajstić information content (AvgIpc) is 2.79. The molecule has 1 aliphatic heterocycles. The molecule has 2 heterocycles. The van der Waals surface area contributed by atoms with Crippen molar-refractivity contribution in [3.05, 3.63) is 76.1 Å². The number of aromatic nitrogens is 1. The van der Waals surface area contributed by atoms with E-state index < -0.39 is 0 Å². The van der Waals surface area contributed by atoms with Gasteiger partial charge in [0.25, 0.3) is 0 Å². The van der Waals surface area contributed by atoms with Crippen molar-refractivity contribution in [2.24, 2.45) is 0 Å². The van der Waals surface area contributed by atoms with Crippen LogP contribution in [0.4, 0.5) is 0 Å². The molecule has 0 bridgehead atoms. The van der Waals surface area contributed by atoms with Gasteiger partial charge in [-0.2, -0.15) is 0 Å². The summed E-state index contributed by atoms with van der Waals surface area (Å²) in [5.74, 6) is -0.220. The quantitative estimate of drug-likeness (QED) is 0.588. The zero-order valence-electron chi connectivity index (χ0n) is 17.2. The van der Waals surface area contributed by atoms with Gasteiger partial charge in [0, 0.05) is 49.4 Å². The Labute approximate surface area is 175 Å². The molecule has 1 aromatic heterocycles. The Bertz CT molecular complexity index is 1100. The Morgan fingerprint density at radius 2 is 1.90 bits per heavy atom. The molecule has 0 N–H and O–H groups in total. The molecule has 0 spiro atoms. The molecule has 4 rings (SSSR count). The van der Waals surface area contributed by atoms with Gasteiger partial charge in [0.05, 0.1) is 18.7 Å². The maximum atomic E-state index is 12.6. The number of hydrogen-bond acceptors (Lipinski definition) is 5. The Morgan fingerprint density at radius 3 is 2.70 bits per heavy atom. The highest BCUT2D eigenvalue weighted by Gasteiger charge is 2.12. The van der Waals surface area contributed by atoms with Gasteiger partial charge in [0.2, 0.25) is 0 Å². The van der Waals surface area contributed by atoms with Crippen molar-refractivity contribution in [1.29, 1.82) is 0 Å². The molecule has 6 nitrogen and oxygen atoms in total.